The average molecular weight is 442 g/mol. The fourth-order valence-electron chi connectivity index (χ4n) is 2.50. The highest BCUT2D eigenvalue weighted by molar-refractivity contribution is 14.0. The number of hydrogen-bond donors (Lipinski definition) is 2. The molecule has 0 amide bonds. The number of hydrogen-bond acceptors (Lipinski definition) is 4. The minimum Gasteiger partial charge on any atom is -0.382 e. The Hall–Kier alpha value is -0.120. The molecule has 0 saturated carbocycles. The molecule has 0 aromatic rings. The van der Waals surface area contributed by atoms with Crippen LogP contribution in [0.1, 0.15) is 26.2 Å². The first-order valence-electron chi connectivity index (χ1n) is 8.49. The van der Waals surface area contributed by atoms with Crippen LogP contribution >= 0.6 is 24.0 Å². The van der Waals surface area contributed by atoms with Crippen molar-refractivity contribution < 1.29 is 9.47 Å². The average Bonchev–Trinajstić information content (AvgIpc) is 2.54. The summed E-state index contributed by atoms with van der Waals surface area (Å²) in [7, 11) is 3.48. The molecular formula is C16H35IN4O2. The van der Waals surface area contributed by atoms with Crippen LogP contribution in [0.4, 0.5) is 0 Å². The summed E-state index contributed by atoms with van der Waals surface area (Å²) in [6.45, 7) is 9.70. The molecule has 23 heavy (non-hydrogen) atoms. The standard InChI is InChI=1S/C16H34N4O2.HI/c1-15-5-10-20(11-6-15)9-4-7-18-16(17-2)19-8-12-22-14-13-21-3;/h15H,4-14H2,1-3H3,(H2,17,18,19);1H. The highest BCUT2D eigenvalue weighted by Crippen LogP contribution is 2.15. The van der Waals surface area contributed by atoms with Gasteiger partial charge in [-0.1, -0.05) is 6.92 Å². The number of aliphatic imine (C=N–C) groups is 1. The van der Waals surface area contributed by atoms with Crippen LogP contribution in [-0.4, -0.2) is 77.6 Å². The van der Waals surface area contributed by atoms with Crippen LogP contribution in [0.5, 0.6) is 0 Å². The molecule has 0 aliphatic carbocycles. The van der Waals surface area contributed by atoms with Crippen molar-refractivity contribution in [2.45, 2.75) is 26.2 Å². The van der Waals surface area contributed by atoms with E-state index in [1.54, 1.807) is 14.2 Å². The van der Waals surface area contributed by atoms with Gasteiger partial charge in [-0.15, -0.1) is 24.0 Å². The zero-order valence-corrected chi connectivity index (χ0v) is 17.3. The summed E-state index contributed by atoms with van der Waals surface area (Å²) < 4.78 is 10.3. The fourth-order valence-corrected chi connectivity index (χ4v) is 2.50. The second kappa shape index (κ2) is 15.4. The van der Waals surface area contributed by atoms with Crippen molar-refractivity contribution >= 4 is 29.9 Å². The number of halogens is 1. The van der Waals surface area contributed by atoms with Gasteiger partial charge in [0, 0.05) is 27.2 Å². The molecular weight excluding hydrogens is 407 g/mol. The van der Waals surface area contributed by atoms with E-state index < -0.39 is 0 Å². The lowest BCUT2D eigenvalue weighted by atomic mass is 9.99. The number of piperidine rings is 1. The lowest BCUT2D eigenvalue weighted by Gasteiger charge is -2.30. The van der Waals surface area contributed by atoms with Crippen molar-refractivity contribution in [2.24, 2.45) is 10.9 Å². The minimum atomic E-state index is 0. The van der Waals surface area contributed by atoms with Gasteiger partial charge in [-0.05, 0) is 44.8 Å². The van der Waals surface area contributed by atoms with Gasteiger partial charge in [-0.25, -0.2) is 0 Å². The Bertz CT molecular complexity index is 298. The molecule has 0 aromatic carbocycles. The van der Waals surface area contributed by atoms with E-state index in [0.29, 0.717) is 19.8 Å². The number of ether oxygens (including phenoxy) is 2. The van der Waals surface area contributed by atoms with Crippen molar-refractivity contribution in [2.75, 3.05) is 66.7 Å². The van der Waals surface area contributed by atoms with Crippen LogP contribution in [0.15, 0.2) is 4.99 Å². The predicted octanol–water partition coefficient (Wildman–Crippen LogP) is 1.55. The van der Waals surface area contributed by atoms with Gasteiger partial charge in [0.05, 0.1) is 19.8 Å². The highest BCUT2D eigenvalue weighted by atomic mass is 127. The Labute approximate surface area is 158 Å². The Morgan fingerprint density at radius 1 is 1.13 bits per heavy atom. The third-order valence-electron chi connectivity index (χ3n) is 4.01. The van der Waals surface area contributed by atoms with Gasteiger partial charge in [0.15, 0.2) is 5.96 Å². The Morgan fingerprint density at radius 3 is 2.48 bits per heavy atom. The molecule has 1 aliphatic heterocycles. The topological polar surface area (TPSA) is 58.1 Å². The third-order valence-corrected chi connectivity index (χ3v) is 4.01. The first-order valence-corrected chi connectivity index (χ1v) is 8.49. The number of guanidine groups is 1. The first-order chi connectivity index (χ1) is 10.8. The number of rotatable bonds is 10. The summed E-state index contributed by atoms with van der Waals surface area (Å²) >= 11 is 0. The maximum Gasteiger partial charge on any atom is 0.191 e. The van der Waals surface area contributed by atoms with Gasteiger partial charge in [-0.2, -0.15) is 0 Å². The van der Waals surface area contributed by atoms with E-state index in [2.05, 4.69) is 27.4 Å². The van der Waals surface area contributed by atoms with E-state index in [1.807, 2.05) is 0 Å². The largest absolute Gasteiger partial charge is 0.382 e. The monoisotopic (exact) mass is 442 g/mol. The SMILES string of the molecule is CN=C(NCCCN1CCC(C)CC1)NCCOCCOC.I. The third kappa shape index (κ3) is 12.0. The van der Waals surface area contributed by atoms with Gasteiger partial charge in [0.1, 0.15) is 0 Å². The highest BCUT2D eigenvalue weighted by Gasteiger charge is 2.14. The lowest BCUT2D eigenvalue weighted by Crippen LogP contribution is -2.40. The van der Waals surface area contributed by atoms with Gasteiger partial charge in [-0.3, -0.25) is 4.99 Å². The van der Waals surface area contributed by atoms with Crippen LogP contribution in [0.3, 0.4) is 0 Å². The molecule has 138 valence electrons. The van der Waals surface area contributed by atoms with Gasteiger partial charge < -0.3 is 25.0 Å². The van der Waals surface area contributed by atoms with Crippen LogP contribution in [0.2, 0.25) is 0 Å². The number of nitrogens with zero attached hydrogens (tertiary/aromatic N) is 2. The molecule has 1 heterocycles. The van der Waals surface area contributed by atoms with Gasteiger partial charge in [0.25, 0.3) is 0 Å². The van der Waals surface area contributed by atoms with Crippen molar-refractivity contribution in [1.29, 1.82) is 0 Å². The predicted molar refractivity (Wildman–Crippen MR) is 107 cm³/mol. The van der Waals surface area contributed by atoms with Gasteiger partial charge in [0.2, 0.25) is 0 Å². The summed E-state index contributed by atoms with van der Waals surface area (Å²) in [5.74, 6) is 1.76. The molecule has 6 nitrogen and oxygen atoms in total. The Morgan fingerprint density at radius 2 is 1.83 bits per heavy atom. The molecule has 0 bridgehead atoms. The smallest absolute Gasteiger partial charge is 0.191 e. The molecule has 7 heteroatoms. The summed E-state index contributed by atoms with van der Waals surface area (Å²) in [4.78, 5) is 6.79. The Balaban J connectivity index is 0.00000484. The van der Waals surface area contributed by atoms with Crippen LogP contribution in [0.25, 0.3) is 0 Å². The Kier molecular flexibility index (Phi) is 15.3. The van der Waals surface area contributed by atoms with E-state index in [1.165, 1.54) is 32.5 Å². The zero-order chi connectivity index (χ0) is 16.0. The van der Waals surface area contributed by atoms with Crippen LogP contribution < -0.4 is 10.6 Å². The minimum absolute atomic E-state index is 0. The van der Waals surface area contributed by atoms with E-state index in [4.69, 9.17) is 9.47 Å². The van der Waals surface area contributed by atoms with Crippen molar-refractivity contribution in [3.63, 3.8) is 0 Å². The zero-order valence-electron chi connectivity index (χ0n) is 15.0. The summed E-state index contributed by atoms with van der Waals surface area (Å²) in [5.41, 5.74) is 0. The molecule has 1 aliphatic rings. The molecule has 0 aromatic heterocycles. The number of nitrogens with one attached hydrogen (secondary N) is 2. The van der Waals surface area contributed by atoms with Gasteiger partial charge >= 0.3 is 0 Å². The van der Waals surface area contributed by atoms with Crippen LogP contribution in [-0.2, 0) is 9.47 Å². The molecule has 0 radical (unpaired) electrons. The lowest BCUT2D eigenvalue weighted by molar-refractivity contribution is 0.0733. The summed E-state index contributed by atoms with van der Waals surface area (Å²) in [6, 6.07) is 0. The molecule has 0 atom stereocenters. The van der Waals surface area contributed by atoms with E-state index in [9.17, 15) is 0 Å². The number of likely N-dealkylation sites (tertiary alicyclic amines) is 1. The first kappa shape index (κ1) is 22.9. The molecule has 0 spiro atoms. The molecule has 1 rings (SSSR count). The fraction of sp³-hybridized carbons (Fsp3) is 0.938. The van der Waals surface area contributed by atoms with E-state index >= 15 is 0 Å². The molecule has 1 saturated heterocycles. The van der Waals surface area contributed by atoms with E-state index in [-0.39, 0.29) is 24.0 Å². The quantitative estimate of drug-likeness (QED) is 0.233. The van der Waals surface area contributed by atoms with Crippen molar-refractivity contribution in [1.82, 2.24) is 15.5 Å². The van der Waals surface area contributed by atoms with E-state index in [0.717, 1.165) is 31.4 Å². The molecule has 2 N–H and O–H groups in total. The summed E-state index contributed by atoms with van der Waals surface area (Å²) in [6.07, 6.45) is 3.85. The maximum atomic E-state index is 5.41. The summed E-state index contributed by atoms with van der Waals surface area (Å²) in [5, 5.41) is 6.60. The second-order valence-electron chi connectivity index (χ2n) is 5.91. The number of methoxy groups -OCH3 is 1. The maximum absolute atomic E-state index is 5.41. The molecule has 1 fully saturated rings. The second-order valence-corrected chi connectivity index (χ2v) is 5.91. The van der Waals surface area contributed by atoms with Crippen LogP contribution in [0, 0.1) is 5.92 Å². The molecule has 0 unspecified atom stereocenters. The van der Waals surface area contributed by atoms with Crippen molar-refractivity contribution in [3.8, 4) is 0 Å². The normalized spacial score (nSPS) is 16.9. The van der Waals surface area contributed by atoms with Crippen molar-refractivity contribution in [3.05, 3.63) is 0 Å².